The fraction of sp³-hybridized carbons (Fsp3) is 0.409. The summed E-state index contributed by atoms with van der Waals surface area (Å²) in [5.41, 5.74) is 0.782. The Morgan fingerprint density at radius 1 is 1.03 bits per heavy atom. The van der Waals surface area contributed by atoms with E-state index in [0.29, 0.717) is 44.7 Å². The molecular weight excluding hydrogens is 412 g/mol. The minimum atomic E-state index is -0.287. The highest BCUT2D eigenvalue weighted by molar-refractivity contribution is 7.98. The van der Waals surface area contributed by atoms with Gasteiger partial charge in [-0.15, -0.1) is 5.10 Å². The molecule has 0 aliphatic heterocycles. The van der Waals surface area contributed by atoms with Crippen molar-refractivity contribution in [3.05, 3.63) is 51.3 Å². The van der Waals surface area contributed by atoms with Crippen LogP contribution in [0, 0.1) is 11.8 Å². The van der Waals surface area contributed by atoms with Gasteiger partial charge in [0, 0.05) is 18.4 Å². The number of fused-ring (bicyclic) bond motifs is 2. The molecule has 0 aromatic carbocycles. The summed E-state index contributed by atoms with van der Waals surface area (Å²) < 4.78 is 3.24. The van der Waals surface area contributed by atoms with Crippen LogP contribution in [0.5, 0.6) is 0 Å². The Kier molecular flexibility index (Phi) is 4.92. The third-order valence-electron chi connectivity index (χ3n) is 6.66. The van der Waals surface area contributed by atoms with Crippen LogP contribution in [-0.4, -0.2) is 35.6 Å². The van der Waals surface area contributed by atoms with Gasteiger partial charge in [-0.1, -0.05) is 38.5 Å². The highest BCUT2D eigenvalue weighted by Crippen LogP contribution is 2.37. The van der Waals surface area contributed by atoms with E-state index in [1.54, 1.807) is 18.3 Å². The Labute approximate surface area is 182 Å². The van der Waals surface area contributed by atoms with Gasteiger partial charge >= 0.3 is 0 Å². The minimum absolute atomic E-state index is 0.0861. The minimum Gasteiger partial charge on any atom is -0.312 e. The van der Waals surface area contributed by atoms with Gasteiger partial charge in [-0.3, -0.25) is 14.2 Å². The van der Waals surface area contributed by atoms with Crippen molar-refractivity contribution in [2.45, 2.75) is 44.3 Å². The summed E-state index contributed by atoms with van der Waals surface area (Å²) in [7, 11) is 0. The van der Waals surface area contributed by atoms with Crippen molar-refractivity contribution in [3.63, 3.8) is 0 Å². The molecule has 0 saturated heterocycles. The average molecular weight is 437 g/mol. The summed E-state index contributed by atoms with van der Waals surface area (Å²) in [6, 6.07) is 5.49. The van der Waals surface area contributed by atoms with Crippen molar-refractivity contribution in [2.24, 2.45) is 11.8 Å². The zero-order valence-electron chi connectivity index (χ0n) is 17.7. The summed E-state index contributed by atoms with van der Waals surface area (Å²) in [6.07, 6.45) is 8.67. The van der Waals surface area contributed by atoms with Crippen molar-refractivity contribution in [1.82, 2.24) is 29.3 Å². The van der Waals surface area contributed by atoms with Crippen LogP contribution in [-0.2, 0) is 0 Å². The first-order valence-corrected chi connectivity index (χ1v) is 11.7. The molecule has 4 heterocycles. The summed E-state index contributed by atoms with van der Waals surface area (Å²) in [5, 5.41) is 8.26. The first kappa shape index (κ1) is 20.0. The van der Waals surface area contributed by atoms with Crippen molar-refractivity contribution in [1.29, 1.82) is 0 Å². The molecule has 3 unspecified atom stereocenters. The molecule has 1 aliphatic carbocycles. The lowest BCUT2D eigenvalue weighted by Gasteiger charge is -2.35. The normalized spacial score (nSPS) is 21.7. The first-order chi connectivity index (χ1) is 15.0. The second-order valence-corrected chi connectivity index (χ2v) is 9.13. The molecule has 1 N–H and O–H groups in total. The van der Waals surface area contributed by atoms with Gasteiger partial charge in [-0.2, -0.15) is 4.98 Å². The fourth-order valence-electron chi connectivity index (χ4n) is 4.65. The van der Waals surface area contributed by atoms with E-state index < -0.39 is 0 Å². The van der Waals surface area contributed by atoms with E-state index in [4.69, 9.17) is 0 Å². The Morgan fingerprint density at radius 3 is 2.52 bits per heavy atom. The highest BCUT2D eigenvalue weighted by atomic mass is 32.2. The summed E-state index contributed by atoms with van der Waals surface area (Å²) in [4.78, 5) is 35.5. The summed E-state index contributed by atoms with van der Waals surface area (Å²) in [5.74, 6) is 1.34. The lowest BCUT2D eigenvalue weighted by atomic mass is 9.78. The molecule has 0 bridgehead atoms. The zero-order valence-corrected chi connectivity index (χ0v) is 18.5. The molecule has 9 heteroatoms. The van der Waals surface area contributed by atoms with Crippen LogP contribution in [0.15, 0.2) is 45.3 Å². The standard InChI is InChI=1S/C22H24N6O2S/c1-12-5-4-6-18(13(12)2)27-9-7-16-14(19(27)29)11-15-17(23-16)8-10-28(20(15)30)21-24-22(31-3)26-25-21/h7-13,18H,4-6H2,1-3H3,(H,24,25,26). The van der Waals surface area contributed by atoms with Gasteiger partial charge in [-0.25, -0.2) is 10.1 Å². The molecule has 1 aliphatic rings. The Hall–Kier alpha value is -2.94. The second kappa shape index (κ2) is 7.64. The second-order valence-electron chi connectivity index (χ2n) is 8.35. The van der Waals surface area contributed by atoms with Gasteiger partial charge in [-0.05, 0) is 42.7 Å². The van der Waals surface area contributed by atoms with Crippen LogP contribution in [0.25, 0.3) is 27.8 Å². The van der Waals surface area contributed by atoms with Crippen molar-refractivity contribution >= 4 is 33.6 Å². The van der Waals surface area contributed by atoms with Gasteiger partial charge in [0.2, 0.25) is 11.1 Å². The van der Waals surface area contributed by atoms with E-state index >= 15 is 0 Å². The number of aromatic nitrogens is 6. The van der Waals surface area contributed by atoms with Crippen LogP contribution < -0.4 is 11.1 Å². The van der Waals surface area contributed by atoms with Crippen LogP contribution in [0.1, 0.15) is 39.2 Å². The van der Waals surface area contributed by atoms with Crippen LogP contribution in [0.4, 0.5) is 0 Å². The SMILES string of the molecule is CSc1n[nH]c(-n2ccc3nc4ccn(C5CCCC(C)C5C)c(=O)c4cc3c2=O)n1. The number of thioether (sulfide) groups is 1. The molecule has 8 nitrogen and oxygen atoms in total. The molecule has 1 saturated carbocycles. The van der Waals surface area contributed by atoms with E-state index in [1.807, 2.05) is 23.1 Å². The number of rotatable bonds is 3. The molecule has 1 fully saturated rings. The molecule has 4 aromatic rings. The Bertz CT molecular complexity index is 1400. The maximum atomic E-state index is 13.4. The van der Waals surface area contributed by atoms with E-state index in [-0.39, 0.29) is 17.2 Å². The number of pyridine rings is 3. The Balaban J connectivity index is 1.68. The molecular formula is C22H24N6O2S. The topological polar surface area (TPSA) is 98.5 Å². The van der Waals surface area contributed by atoms with E-state index in [2.05, 4.69) is 34.0 Å². The first-order valence-electron chi connectivity index (χ1n) is 10.5. The largest absolute Gasteiger partial charge is 0.312 e. The van der Waals surface area contributed by atoms with Crippen molar-refractivity contribution in [3.8, 4) is 5.95 Å². The molecule has 0 amide bonds. The summed E-state index contributed by atoms with van der Waals surface area (Å²) >= 11 is 1.39. The number of H-pyrrole nitrogens is 1. The molecule has 160 valence electrons. The van der Waals surface area contributed by atoms with E-state index in [1.165, 1.54) is 22.7 Å². The predicted octanol–water partition coefficient (Wildman–Crippen LogP) is 3.54. The van der Waals surface area contributed by atoms with Crippen LogP contribution in [0.3, 0.4) is 0 Å². The van der Waals surface area contributed by atoms with Crippen LogP contribution in [0.2, 0.25) is 0 Å². The zero-order chi connectivity index (χ0) is 21.7. The van der Waals surface area contributed by atoms with Gasteiger partial charge in [0.1, 0.15) is 0 Å². The number of hydrogen-bond donors (Lipinski definition) is 1. The van der Waals surface area contributed by atoms with Crippen molar-refractivity contribution in [2.75, 3.05) is 6.26 Å². The number of aromatic amines is 1. The van der Waals surface area contributed by atoms with E-state index in [9.17, 15) is 9.59 Å². The predicted molar refractivity (Wildman–Crippen MR) is 122 cm³/mol. The molecule has 31 heavy (non-hydrogen) atoms. The quantitative estimate of drug-likeness (QED) is 0.390. The third-order valence-corrected chi connectivity index (χ3v) is 7.20. The third kappa shape index (κ3) is 3.27. The lowest BCUT2D eigenvalue weighted by molar-refractivity contribution is 0.183. The van der Waals surface area contributed by atoms with Crippen molar-refractivity contribution < 1.29 is 0 Å². The highest BCUT2D eigenvalue weighted by Gasteiger charge is 2.29. The molecule has 0 radical (unpaired) electrons. The molecule has 3 atom stereocenters. The van der Waals surface area contributed by atoms with E-state index in [0.717, 1.165) is 12.8 Å². The average Bonchev–Trinajstić information content (AvgIpc) is 3.25. The van der Waals surface area contributed by atoms with Gasteiger partial charge in [0.15, 0.2) is 0 Å². The number of nitrogens with one attached hydrogen (secondary N) is 1. The number of hydrogen-bond acceptors (Lipinski definition) is 6. The fourth-order valence-corrected chi connectivity index (χ4v) is 4.97. The Morgan fingerprint density at radius 2 is 1.77 bits per heavy atom. The monoisotopic (exact) mass is 436 g/mol. The van der Waals surface area contributed by atoms with Gasteiger partial charge in [0.25, 0.3) is 11.1 Å². The molecule has 0 spiro atoms. The smallest absolute Gasteiger partial charge is 0.266 e. The lowest BCUT2D eigenvalue weighted by Crippen LogP contribution is -2.33. The van der Waals surface area contributed by atoms with Gasteiger partial charge < -0.3 is 4.57 Å². The van der Waals surface area contributed by atoms with Crippen LogP contribution >= 0.6 is 11.8 Å². The molecule has 5 rings (SSSR count). The maximum absolute atomic E-state index is 13.4. The number of nitrogens with zero attached hydrogens (tertiary/aromatic N) is 5. The molecule has 4 aromatic heterocycles. The summed E-state index contributed by atoms with van der Waals surface area (Å²) in [6.45, 7) is 4.48. The maximum Gasteiger partial charge on any atom is 0.266 e. The van der Waals surface area contributed by atoms with Gasteiger partial charge in [0.05, 0.1) is 21.8 Å².